The number of aldehydes is 1. The SMILES string of the molecule is COc1cc(C=O)cc2c1OC1C2C(C(=O)NCCO)=CC(N(Cc2ccc(Cl)c(Cl)c2)C(=O)COC2CC(C)CCC2C(C)C)C1O. The van der Waals surface area contributed by atoms with Crippen LogP contribution in [0, 0.1) is 17.8 Å². The molecule has 48 heavy (non-hydrogen) atoms. The topological polar surface area (TPSA) is 135 Å². The lowest BCUT2D eigenvalue weighted by Gasteiger charge is -2.41. The van der Waals surface area contributed by atoms with E-state index in [2.05, 4.69) is 26.1 Å². The predicted molar refractivity (Wildman–Crippen MR) is 182 cm³/mol. The van der Waals surface area contributed by atoms with E-state index in [0.717, 1.165) is 19.3 Å². The van der Waals surface area contributed by atoms with E-state index in [1.165, 1.54) is 18.1 Å². The molecule has 1 aliphatic heterocycles. The maximum absolute atomic E-state index is 14.3. The van der Waals surface area contributed by atoms with Crippen molar-refractivity contribution in [2.45, 2.75) is 76.9 Å². The third kappa shape index (κ3) is 7.53. The van der Waals surface area contributed by atoms with Crippen LogP contribution in [0.1, 0.15) is 67.4 Å². The van der Waals surface area contributed by atoms with Crippen LogP contribution in [0.5, 0.6) is 11.5 Å². The molecule has 1 fully saturated rings. The van der Waals surface area contributed by atoms with Crippen molar-refractivity contribution in [3.05, 3.63) is 68.7 Å². The largest absolute Gasteiger partial charge is 0.493 e. The summed E-state index contributed by atoms with van der Waals surface area (Å²) >= 11 is 12.5. The summed E-state index contributed by atoms with van der Waals surface area (Å²) in [5.74, 6) is 0.0958. The van der Waals surface area contributed by atoms with Crippen LogP contribution in [-0.4, -0.2) is 84.4 Å². The van der Waals surface area contributed by atoms with Crippen molar-refractivity contribution in [2.75, 3.05) is 26.9 Å². The van der Waals surface area contributed by atoms with Crippen LogP contribution in [0.2, 0.25) is 10.0 Å². The molecule has 7 atom stereocenters. The number of nitrogens with zero attached hydrogens (tertiary/aromatic N) is 1. The first-order valence-electron chi connectivity index (χ1n) is 16.4. The van der Waals surface area contributed by atoms with Gasteiger partial charge >= 0.3 is 0 Å². The highest BCUT2D eigenvalue weighted by Gasteiger charge is 2.51. The van der Waals surface area contributed by atoms with Crippen LogP contribution < -0.4 is 14.8 Å². The van der Waals surface area contributed by atoms with Crippen LogP contribution in [-0.2, 0) is 20.9 Å². The molecular weight excluding hydrogens is 659 g/mol. The molecule has 2 amide bonds. The van der Waals surface area contributed by atoms with Gasteiger partial charge < -0.3 is 34.6 Å². The summed E-state index contributed by atoms with van der Waals surface area (Å²) in [6, 6.07) is 7.15. The van der Waals surface area contributed by atoms with Crippen molar-refractivity contribution in [1.82, 2.24) is 10.2 Å². The first-order valence-corrected chi connectivity index (χ1v) is 17.2. The lowest BCUT2D eigenvalue weighted by Crippen LogP contribution is -2.56. The summed E-state index contributed by atoms with van der Waals surface area (Å²) < 4.78 is 18.2. The highest BCUT2D eigenvalue weighted by Crippen LogP contribution is 2.51. The average Bonchev–Trinajstić information content (AvgIpc) is 3.46. The Kier molecular flexibility index (Phi) is 11.7. The van der Waals surface area contributed by atoms with E-state index in [4.69, 9.17) is 37.4 Å². The number of fused-ring (bicyclic) bond motifs is 3. The molecule has 2 aromatic carbocycles. The Labute approximate surface area is 291 Å². The number of carbonyl (C=O) groups excluding carboxylic acids is 3. The smallest absolute Gasteiger partial charge is 0.249 e. The maximum atomic E-state index is 14.3. The van der Waals surface area contributed by atoms with E-state index in [1.54, 1.807) is 30.3 Å². The van der Waals surface area contributed by atoms with E-state index < -0.39 is 30.1 Å². The first-order chi connectivity index (χ1) is 23.0. The Balaban J connectivity index is 1.54. The highest BCUT2D eigenvalue weighted by atomic mass is 35.5. The molecule has 2 aromatic rings. The zero-order chi connectivity index (χ0) is 34.7. The molecule has 0 bridgehead atoms. The fourth-order valence-electron chi connectivity index (χ4n) is 7.32. The van der Waals surface area contributed by atoms with Gasteiger partial charge in [-0.05, 0) is 66.5 Å². The summed E-state index contributed by atoms with van der Waals surface area (Å²) in [5.41, 5.74) is 1.69. The molecule has 12 heteroatoms. The van der Waals surface area contributed by atoms with Crippen molar-refractivity contribution >= 4 is 41.3 Å². The van der Waals surface area contributed by atoms with E-state index >= 15 is 0 Å². The van der Waals surface area contributed by atoms with E-state index in [0.29, 0.717) is 56.5 Å². The molecule has 0 saturated heterocycles. The molecule has 1 heterocycles. The maximum Gasteiger partial charge on any atom is 0.249 e. The van der Waals surface area contributed by atoms with Crippen molar-refractivity contribution in [1.29, 1.82) is 0 Å². The second kappa shape index (κ2) is 15.6. The van der Waals surface area contributed by atoms with Crippen molar-refractivity contribution in [3.8, 4) is 11.5 Å². The van der Waals surface area contributed by atoms with Crippen molar-refractivity contribution < 1.29 is 38.8 Å². The number of nitrogens with one attached hydrogen (secondary N) is 1. The molecule has 2 aliphatic carbocycles. The van der Waals surface area contributed by atoms with Gasteiger partial charge in [0.2, 0.25) is 11.8 Å². The number of hydrogen-bond donors (Lipinski definition) is 3. The van der Waals surface area contributed by atoms with Gasteiger partial charge in [0.1, 0.15) is 25.1 Å². The van der Waals surface area contributed by atoms with Crippen molar-refractivity contribution in [3.63, 3.8) is 0 Å². The van der Waals surface area contributed by atoms with Gasteiger partial charge in [-0.1, -0.05) is 56.5 Å². The number of halogens is 2. The lowest BCUT2D eigenvalue weighted by molar-refractivity contribution is -0.148. The molecule has 0 spiro atoms. The number of ether oxygens (including phenoxy) is 3. The zero-order valence-corrected chi connectivity index (χ0v) is 29.2. The van der Waals surface area contributed by atoms with Gasteiger partial charge in [-0.25, -0.2) is 0 Å². The molecule has 5 rings (SSSR count). The molecule has 0 aromatic heterocycles. The summed E-state index contributed by atoms with van der Waals surface area (Å²) in [5, 5.41) is 24.8. The number of amides is 2. The van der Waals surface area contributed by atoms with E-state index in [9.17, 15) is 24.6 Å². The third-order valence-electron chi connectivity index (χ3n) is 9.81. The number of hydrogen-bond acceptors (Lipinski definition) is 8. The van der Waals surface area contributed by atoms with Gasteiger partial charge in [-0.2, -0.15) is 0 Å². The number of benzene rings is 2. The number of carbonyl (C=O) groups is 3. The molecule has 10 nitrogen and oxygen atoms in total. The molecule has 3 N–H and O–H groups in total. The van der Waals surface area contributed by atoms with E-state index in [-0.39, 0.29) is 49.6 Å². The Hall–Kier alpha value is -3.15. The molecule has 3 aliphatic rings. The highest BCUT2D eigenvalue weighted by molar-refractivity contribution is 6.42. The second-order valence-electron chi connectivity index (χ2n) is 13.3. The second-order valence-corrected chi connectivity index (χ2v) is 14.2. The Morgan fingerprint density at radius 2 is 1.94 bits per heavy atom. The quantitative estimate of drug-likeness (QED) is 0.265. The van der Waals surface area contributed by atoms with Crippen LogP contribution in [0.25, 0.3) is 0 Å². The average molecular weight is 704 g/mol. The molecule has 0 radical (unpaired) electrons. The fourth-order valence-corrected chi connectivity index (χ4v) is 7.64. The molecular formula is C36H44Cl2N2O8. The standard InChI is InChI=1S/C36H44Cl2N2O8/c1-19(2)23-7-5-20(3)11-29(23)47-18-31(43)40(16-21-6-8-26(37)27(38)13-21)28-15-25(36(45)39-9-10-41)32-24-12-22(17-42)14-30(46-4)34(24)48-35(32)33(28)44/h6,8,12-15,17,19-20,23,28-29,32-33,35,41,44H,5,7,9-11,16,18H2,1-4H3,(H,39,45). The van der Waals surface area contributed by atoms with Gasteiger partial charge in [0.25, 0.3) is 0 Å². The van der Waals surface area contributed by atoms with Gasteiger partial charge in [-0.3, -0.25) is 14.4 Å². The van der Waals surface area contributed by atoms with Crippen LogP contribution in [0.3, 0.4) is 0 Å². The monoisotopic (exact) mass is 702 g/mol. The molecule has 7 unspecified atom stereocenters. The zero-order valence-electron chi connectivity index (χ0n) is 27.7. The number of aliphatic hydroxyl groups excluding tert-OH is 2. The number of aliphatic hydroxyl groups is 2. The Morgan fingerprint density at radius 1 is 1.17 bits per heavy atom. The lowest BCUT2D eigenvalue weighted by atomic mass is 9.75. The third-order valence-corrected chi connectivity index (χ3v) is 10.5. The number of rotatable bonds is 12. The normalized spacial score (nSPS) is 26.2. The minimum atomic E-state index is -1.30. The summed E-state index contributed by atoms with van der Waals surface area (Å²) in [6.45, 7) is 6.04. The predicted octanol–water partition coefficient (Wildman–Crippen LogP) is 4.94. The Bertz CT molecular complexity index is 1550. The van der Waals surface area contributed by atoms with Gasteiger partial charge in [0.15, 0.2) is 11.5 Å². The van der Waals surface area contributed by atoms with Crippen LogP contribution >= 0.6 is 23.2 Å². The van der Waals surface area contributed by atoms with Gasteiger partial charge in [-0.15, -0.1) is 0 Å². The molecule has 1 saturated carbocycles. The van der Waals surface area contributed by atoms with Crippen molar-refractivity contribution in [2.24, 2.45) is 17.8 Å². The van der Waals surface area contributed by atoms with Gasteiger partial charge in [0.05, 0.1) is 41.8 Å². The molecule has 260 valence electrons. The van der Waals surface area contributed by atoms with Crippen LogP contribution in [0.15, 0.2) is 42.0 Å². The van der Waals surface area contributed by atoms with E-state index in [1.807, 2.05) is 0 Å². The summed E-state index contributed by atoms with van der Waals surface area (Å²) in [6.07, 6.45) is 2.84. The minimum absolute atomic E-state index is 0.0111. The minimum Gasteiger partial charge on any atom is -0.493 e. The Morgan fingerprint density at radius 3 is 2.60 bits per heavy atom. The summed E-state index contributed by atoms with van der Waals surface area (Å²) in [7, 11) is 1.44. The first kappa shape index (κ1) is 36.1. The number of methoxy groups -OCH3 is 1. The fraction of sp³-hybridized carbons (Fsp3) is 0.528. The van der Waals surface area contributed by atoms with Crippen LogP contribution in [0.4, 0.5) is 0 Å². The summed E-state index contributed by atoms with van der Waals surface area (Å²) in [4.78, 5) is 41.2. The van der Waals surface area contributed by atoms with Gasteiger partial charge in [0, 0.05) is 29.8 Å².